The third-order valence-electron chi connectivity index (χ3n) is 3.73. The molecule has 0 bridgehead atoms. The first-order chi connectivity index (χ1) is 9.15. The lowest BCUT2D eigenvalue weighted by Crippen LogP contribution is -2.45. The molecule has 0 radical (unpaired) electrons. The molecule has 0 aliphatic carbocycles. The SMILES string of the molecule is COc1cccc(C(=O)N2CCC(OC)C(C)C2)c1. The molecule has 104 valence electrons. The highest BCUT2D eigenvalue weighted by molar-refractivity contribution is 5.94. The van der Waals surface area contributed by atoms with Crippen LogP contribution in [0.2, 0.25) is 0 Å². The van der Waals surface area contributed by atoms with Crippen LogP contribution in [0, 0.1) is 5.92 Å². The Morgan fingerprint density at radius 1 is 1.37 bits per heavy atom. The van der Waals surface area contributed by atoms with E-state index in [4.69, 9.17) is 9.47 Å². The molecule has 0 aromatic heterocycles. The quantitative estimate of drug-likeness (QED) is 0.839. The van der Waals surface area contributed by atoms with Gasteiger partial charge in [-0.1, -0.05) is 13.0 Å². The van der Waals surface area contributed by atoms with Crippen LogP contribution in [0.15, 0.2) is 24.3 Å². The molecule has 1 aliphatic rings. The van der Waals surface area contributed by atoms with Gasteiger partial charge in [0.05, 0.1) is 13.2 Å². The molecule has 1 aliphatic heterocycles. The van der Waals surface area contributed by atoms with Gasteiger partial charge in [0.1, 0.15) is 5.75 Å². The third-order valence-corrected chi connectivity index (χ3v) is 3.73. The van der Waals surface area contributed by atoms with Crippen molar-refractivity contribution in [1.82, 2.24) is 4.90 Å². The number of methoxy groups -OCH3 is 2. The Kier molecular flexibility index (Phi) is 4.43. The number of likely N-dealkylation sites (tertiary alicyclic amines) is 1. The summed E-state index contributed by atoms with van der Waals surface area (Å²) < 4.78 is 10.6. The fourth-order valence-corrected chi connectivity index (χ4v) is 2.60. The van der Waals surface area contributed by atoms with E-state index in [-0.39, 0.29) is 12.0 Å². The largest absolute Gasteiger partial charge is 0.497 e. The standard InChI is InChI=1S/C15H21NO3/c1-11-10-16(8-7-14(11)19-3)15(17)12-5-4-6-13(9-12)18-2/h4-6,9,11,14H,7-8,10H2,1-3H3. The lowest BCUT2D eigenvalue weighted by atomic mass is 9.96. The zero-order chi connectivity index (χ0) is 13.8. The van der Waals surface area contributed by atoms with E-state index in [1.165, 1.54) is 0 Å². The summed E-state index contributed by atoms with van der Waals surface area (Å²) >= 11 is 0. The normalized spacial score (nSPS) is 23.2. The predicted octanol–water partition coefficient (Wildman–Crippen LogP) is 2.19. The Morgan fingerprint density at radius 2 is 2.16 bits per heavy atom. The van der Waals surface area contributed by atoms with E-state index in [2.05, 4.69) is 6.92 Å². The Morgan fingerprint density at radius 3 is 2.79 bits per heavy atom. The number of rotatable bonds is 3. The number of amides is 1. The van der Waals surface area contributed by atoms with Gasteiger partial charge in [-0.3, -0.25) is 4.79 Å². The Bertz CT molecular complexity index is 447. The first kappa shape index (κ1) is 13.9. The van der Waals surface area contributed by atoms with Crippen molar-refractivity contribution in [3.63, 3.8) is 0 Å². The number of carbonyl (C=O) groups is 1. The van der Waals surface area contributed by atoms with Gasteiger partial charge in [0.15, 0.2) is 0 Å². The minimum Gasteiger partial charge on any atom is -0.497 e. The van der Waals surface area contributed by atoms with Gasteiger partial charge in [-0.25, -0.2) is 0 Å². The summed E-state index contributed by atoms with van der Waals surface area (Å²) in [5.41, 5.74) is 0.683. The van der Waals surface area contributed by atoms with Crippen LogP contribution in [-0.2, 0) is 4.74 Å². The summed E-state index contributed by atoms with van der Waals surface area (Å²) in [5.74, 6) is 1.15. The van der Waals surface area contributed by atoms with E-state index in [1.807, 2.05) is 23.1 Å². The average molecular weight is 263 g/mol. The molecule has 2 rings (SSSR count). The molecule has 0 saturated carbocycles. The van der Waals surface area contributed by atoms with Crippen molar-refractivity contribution < 1.29 is 14.3 Å². The van der Waals surface area contributed by atoms with Gasteiger partial charge in [0.2, 0.25) is 0 Å². The predicted molar refractivity (Wildman–Crippen MR) is 73.5 cm³/mol. The molecule has 1 saturated heterocycles. The minimum absolute atomic E-state index is 0.0697. The van der Waals surface area contributed by atoms with Gasteiger partial charge in [-0.15, -0.1) is 0 Å². The highest BCUT2D eigenvalue weighted by Gasteiger charge is 2.29. The van der Waals surface area contributed by atoms with Gasteiger partial charge in [-0.05, 0) is 30.5 Å². The molecule has 0 spiro atoms. The maximum absolute atomic E-state index is 12.4. The second-order valence-corrected chi connectivity index (χ2v) is 5.02. The maximum Gasteiger partial charge on any atom is 0.253 e. The topological polar surface area (TPSA) is 38.8 Å². The molecule has 4 nitrogen and oxygen atoms in total. The van der Waals surface area contributed by atoms with Crippen LogP contribution in [-0.4, -0.2) is 44.2 Å². The van der Waals surface area contributed by atoms with Crippen LogP contribution in [0.25, 0.3) is 0 Å². The van der Waals surface area contributed by atoms with E-state index in [0.29, 0.717) is 17.2 Å². The first-order valence-corrected chi connectivity index (χ1v) is 6.62. The molecule has 1 aromatic carbocycles. The molecule has 4 heteroatoms. The van der Waals surface area contributed by atoms with Crippen LogP contribution >= 0.6 is 0 Å². The van der Waals surface area contributed by atoms with E-state index in [9.17, 15) is 4.79 Å². The van der Waals surface area contributed by atoms with E-state index in [1.54, 1.807) is 20.3 Å². The second kappa shape index (κ2) is 6.06. The van der Waals surface area contributed by atoms with Crippen LogP contribution in [0.1, 0.15) is 23.7 Å². The number of hydrogen-bond acceptors (Lipinski definition) is 3. The molecule has 2 unspecified atom stereocenters. The molecule has 1 amide bonds. The molecular weight excluding hydrogens is 242 g/mol. The van der Waals surface area contributed by atoms with Gasteiger partial charge >= 0.3 is 0 Å². The molecule has 1 heterocycles. The van der Waals surface area contributed by atoms with Crippen molar-refractivity contribution in [1.29, 1.82) is 0 Å². The fraction of sp³-hybridized carbons (Fsp3) is 0.533. The summed E-state index contributed by atoms with van der Waals surface area (Å²) in [6.45, 7) is 3.62. The van der Waals surface area contributed by atoms with Gasteiger partial charge in [0, 0.05) is 25.8 Å². The molecule has 0 N–H and O–H groups in total. The molecule has 1 aromatic rings. The highest BCUT2D eigenvalue weighted by atomic mass is 16.5. The first-order valence-electron chi connectivity index (χ1n) is 6.62. The van der Waals surface area contributed by atoms with Crippen molar-refractivity contribution in [2.24, 2.45) is 5.92 Å². The Balaban J connectivity index is 2.07. The zero-order valence-corrected chi connectivity index (χ0v) is 11.8. The number of benzene rings is 1. The second-order valence-electron chi connectivity index (χ2n) is 5.02. The Hall–Kier alpha value is -1.55. The number of piperidine rings is 1. The number of nitrogens with zero attached hydrogens (tertiary/aromatic N) is 1. The molecule has 1 fully saturated rings. The number of hydrogen-bond donors (Lipinski definition) is 0. The smallest absolute Gasteiger partial charge is 0.253 e. The average Bonchev–Trinajstić information content (AvgIpc) is 2.46. The summed E-state index contributed by atoms with van der Waals surface area (Å²) in [6.07, 6.45) is 1.15. The molecular formula is C15H21NO3. The molecule has 2 atom stereocenters. The summed E-state index contributed by atoms with van der Waals surface area (Å²) in [4.78, 5) is 14.3. The van der Waals surface area contributed by atoms with Crippen LogP contribution in [0.5, 0.6) is 5.75 Å². The van der Waals surface area contributed by atoms with E-state index < -0.39 is 0 Å². The number of ether oxygens (including phenoxy) is 2. The van der Waals surface area contributed by atoms with Gasteiger partial charge < -0.3 is 14.4 Å². The van der Waals surface area contributed by atoms with Gasteiger partial charge in [0.25, 0.3) is 5.91 Å². The highest BCUT2D eigenvalue weighted by Crippen LogP contribution is 2.22. The fourth-order valence-electron chi connectivity index (χ4n) is 2.60. The summed E-state index contributed by atoms with van der Waals surface area (Å²) in [6, 6.07) is 7.31. The van der Waals surface area contributed by atoms with Crippen LogP contribution < -0.4 is 4.74 Å². The van der Waals surface area contributed by atoms with Gasteiger partial charge in [-0.2, -0.15) is 0 Å². The summed E-state index contributed by atoms with van der Waals surface area (Å²) in [7, 11) is 3.34. The minimum atomic E-state index is 0.0697. The van der Waals surface area contributed by atoms with Crippen molar-refractivity contribution in [2.45, 2.75) is 19.4 Å². The zero-order valence-electron chi connectivity index (χ0n) is 11.8. The van der Waals surface area contributed by atoms with Crippen molar-refractivity contribution >= 4 is 5.91 Å². The lowest BCUT2D eigenvalue weighted by Gasteiger charge is -2.36. The monoisotopic (exact) mass is 263 g/mol. The van der Waals surface area contributed by atoms with Crippen molar-refractivity contribution in [3.05, 3.63) is 29.8 Å². The van der Waals surface area contributed by atoms with E-state index in [0.717, 1.165) is 19.5 Å². The van der Waals surface area contributed by atoms with Crippen LogP contribution in [0.3, 0.4) is 0 Å². The number of carbonyl (C=O) groups excluding carboxylic acids is 1. The van der Waals surface area contributed by atoms with E-state index >= 15 is 0 Å². The van der Waals surface area contributed by atoms with Crippen molar-refractivity contribution in [2.75, 3.05) is 27.3 Å². The summed E-state index contributed by atoms with van der Waals surface area (Å²) in [5, 5.41) is 0. The van der Waals surface area contributed by atoms with Crippen molar-refractivity contribution in [3.8, 4) is 5.75 Å². The Labute approximate surface area is 114 Å². The molecule has 19 heavy (non-hydrogen) atoms. The maximum atomic E-state index is 12.4. The third kappa shape index (κ3) is 3.07. The van der Waals surface area contributed by atoms with Crippen LogP contribution in [0.4, 0.5) is 0 Å². The lowest BCUT2D eigenvalue weighted by molar-refractivity contribution is 0.00295.